The van der Waals surface area contributed by atoms with Gasteiger partial charge in [-0.1, -0.05) is 51.1 Å². The van der Waals surface area contributed by atoms with Gasteiger partial charge in [-0.2, -0.15) is 0 Å². The second-order valence-corrected chi connectivity index (χ2v) is 12.6. The van der Waals surface area contributed by atoms with Crippen LogP contribution in [0.3, 0.4) is 0 Å². The van der Waals surface area contributed by atoms with E-state index in [-0.39, 0.29) is 5.04 Å². The summed E-state index contributed by atoms with van der Waals surface area (Å²) in [6.45, 7) is 11.2. The molecule has 0 saturated carbocycles. The minimum absolute atomic E-state index is 0.121. The van der Waals surface area contributed by atoms with Gasteiger partial charge in [-0.15, -0.1) is 0 Å². The van der Waals surface area contributed by atoms with Crippen molar-refractivity contribution < 1.29 is 13.6 Å². The van der Waals surface area contributed by atoms with E-state index in [9.17, 15) is 0 Å². The molecule has 3 aromatic rings. The molecule has 3 rings (SSSR count). The summed E-state index contributed by atoms with van der Waals surface area (Å²) >= 11 is 0. The molecule has 1 aromatic heterocycles. The summed E-state index contributed by atoms with van der Waals surface area (Å²) in [7, 11) is -0.292. The van der Waals surface area contributed by atoms with Crippen LogP contribution in [0.5, 0.6) is 11.5 Å². The van der Waals surface area contributed by atoms with Crippen molar-refractivity contribution in [3.63, 3.8) is 0 Å². The van der Waals surface area contributed by atoms with Crippen LogP contribution in [-0.2, 0) is 0 Å². The monoisotopic (exact) mass is 354 g/mol. The number of methoxy groups -OCH3 is 1. The fourth-order valence-corrected chi connectivity index (χ4v) is 3.65. The Morgan fingerprint density at radius 3 is 2.28 bits per heavy atom. The molecule has 0 aliphatic heterocycles. The van der Waals surface area contributed by atoms with Gasteiger partial charge in [-0.05, 0) is 35.8 Å². The van der Waals surface area contributed by atoms with E-state index >= 15 is 0 Å². The Morgan fingerprint density at radius 1 is 1.00 bits per heavy atom. The fraction of sp³-hybridized carbons (Fsp3) is 0.333. The van der Waals surface area contributed by atoms with Crippen LogP contribution in [0.1, 0.15) is 20.8 Å². The van der Waals surface area contributed by atoms with Crippen molar-refractivity contribution in [1.29, 1.82) is 0 Å². The number of furan rings is 1. The lowest BCUT2D eigenvalue weighted by atomic mass is 10.0. The first-order chi connectivity index (χ1) is 11.7. The first-order valence-electron chi connectivity index (χ1n) is 8.57. The molecule has 25 heavy (non-hydrogen) atoms. The number of benzene rings is 2. The standard InChI is InChI=1S/C21H26O3Si/c1-21(2,3)25(5,6)24-18-14-17(15-10-8-7-9-11-15)19(22-4)20-16(18)12-13-23-20/h7-14H,1-6H3. The second kappa shape index (κ2) is 6.26. The Balaban J connectivity index is 2.22. The summed E-state index contributed by atoms with van der Waals surface area (Å²) in [6, 6.07) is 14.2. The lowest BCUT2D eigenvalue weighted by molar-refractivity contribution is 0.411. The minimum Gasteiger partial charge on any atom is -0.543 e. The summed E-state index contributed by atoms with van der Waals surface area (Å²) in [5.41, 5.74) is 2.80. The molecule has 3 nitrogen and oxygen atoms in total. The molecule has 0 aliphatic carbocycles. The van der Waals surface area contributed by atoms with E-state index in [4.69, 9.17) is 13.6 Å². The van der Waals surface area contributed by atoms with Crippen molar-refractivity contribution in [2.24, 2.45) is 0 Å². The smallest absolute Gasteiger partial charge is 0.250 e. The summed E-state index contributed by atoms with van der Waals surface area (Å²) < 4.78 is 18.1. The fourth-order valence-electron chi connectivity index (χ4n) is 2.62. The zero-order valence-electron chi connectivity index (χ0n) is 15.8. The maximum Gasteiger partial charge on any atom is 0.250 e. The highest BCUT2D eigenvalue weighted by Gasteiger charge is 2.39. The number of hydrogen-bond donors (Lipinski definition) is 0. The van der Waals surface area contributed by atoms with Crippen molar-refractivity contribution >= 4 is 19.3 Å². The van der Waals surface area contributed by atoms with Gasteiger partial charge in [0, 0.05) is 5.56 Å². The third-order valence-corrected chi connectivity index (χ3v) is 9.46. The van der Waals surface area contributed by atoms with Crippen molar-refractivity contribution in [1.82, 2.24) is 0 Å². The van der Waals surface area contributed by atoms with E-state index in [1.807, 2.05) is 24.3 Å². The Kier molecular flexibility index (Phi) is 4.41. The Morgan fingerprint density at radius 2 is 1.68 bits per heavy atom. The molecular formula is C21H26O3Si. The lowest BCUT2D eigenvalue weighted by Gasteiger charge is -2.36. The van der Waals surface area contributed by atoms with Crippen LogP contribution >= 0.6 is 0 Å². The number of ether oxygens (including phenoxy) is 1. The Hall–Kier alpha value is -2.20. The van der Waals surface area contributed by atoms with Crippen LogP contribution in [0.4, 0.5) is 0 Å². The van der Waals surface area contributed by atoms with Gasteiger partial charge in [-0.3, -0.25) is 0 Å². The highest BCUT2D eigenvalue weighted by molar-refractivity contribution is 6.74. The Bertz CT molecular complexity index is 873. The van der Waals surface area contributed by atoms with Crippen molar-refractivity contribution in [3.05, 3.63) is 48.7 Å². The topological polar surface area (TPSA) is 31.6 Å². The van der Waals surface area contributed by atoms with Crippen molar-refractivity contribution in [2.45, 2.75) is 38.9 Å². The highest BCUT2D eigenvalue weighted by Crippen LogP contribution is 2.45. The first-order valence-corrected chi connectivity index (χ1v) is 11.5. The number of hydrogen-bond acceptors (Lipinski definition) is 3. The molecule has 0 spiro atoms. The SMILES string of the molecule is COc1c(-c2ccccc2)cc(O[Si](C)(C)C(C)(C)C)c2ccoc12. The summed E-state index contributed by atoms with van der Waals surface area (Å²) in [6.07, 6.45) is 1.69. The van der Waals surface area contributed by atoms with E-state index in [1.165, 1.54) is 0 Å². The lowest BCUT2D eigenvalue weighted by Crippen LogP contribution is -2.43. The van der Waals surface area contributed by atoms with Gasteiger partial charge in [0.2, 0.25) is 0 Å². The molecule has 0 atom stereocenters. The van der Waals surface area contributed by atoms with Crippen molar-refractivity contribution in [2.75, 3.05) is 7.11 Å². The van der Waals surface area contributed by atoms with Crippen LogP contribution in [0.15, 0.2) is 53.1 Å². The zero-order valence-corrected chi connectivity index (χ0v) is 16.8. The predicted octanol–water partition coefficient (Wildman–Crippen LogP) is 6.49. The van der Waals surface area contributed by atoms with E-state index in [1.54, 1.807) is 13.4 Å². The van der Waals surface area contributed by atoms with Crippen LogP contribution in [0, 0.1) is 0 Å². The molecule has 2 aromatic carbocycles. The predicted molar refractivity (Wildman–Crippen MR) is 106 cm³/mol. The molecule has 0 saturated heterocycles. The summed E-state index contributed by atoms with van der Waals surface area (Å²) in [5.74, 6) is 1.61. The third-order valence-electron chi connectivity index (χ3n) is 5.12. The number of rotatable bonds is 4. The Labute approximate surface area is 150 Å². The minimum atomic E-state index is -1.97. The first kappa shape index (κ1) is 17.6. The quantitative estimate of drug-likeness (QED) is 0.502. The maximum absolute atomic E-state index is 6.62. The molecule has 1 heterocycles. The van der Waals surface area contributed by atoms with Crippen LogP contribution in [0.25, 0.3) is 22.1 Å². The summed E-state index contributed by atoms with van der Waals surface area (Å²) in [5, 5.41) is 1.08. The van der Waals surface area contributed by atoms with E-state index in [2.05, 4.69) is 52.1 Å². The van der Waals surface area contributed by atoms with Gasteiger partial charge in [0.25, 0.3) is 8.32 Å². The second-order valence-electron chi connectivity index (χ2n) is 7.85. The molecule has 0 radical (unpaired) electrons. The largest absolute Gasteiger partial charge is 0.543 e. The average molecular weight is 355 g/mol. The molecule has 132 valence electrons. The van der Waals surface area contributed by atoms with Crippen molar-refractivity contribution in [3.8, 4) is 22.6 Å². The molecule has 4 heteroatoms. The van der Waals surface area contributed by atoms with E-state index in [0.29, 0.717) is 0 Å². The average Bonchev–Trinajstić information content (AvgIpc) is 3.04. The molecule has 0 amide bonds. The van der Waals surface area contributed by atoms with Gasteiger partial charge >= 0.3 is 0 Å². The van der Waals surface area contributed by atoms with Crippen LogP contribution in [-0.4, -0.2) is 15.4 Å². The molecule has 0 bridgehead atoms. The number of fused-ring (bicyclic) bond motifs is 1. The van der Waals surface area contributed by atoms with Gasteiger partial charge in [0.05, 0.1) is 18.8 Å². The van der Waals surface area contributed by atoms with E-state index in [0.717, 1.165) is 33.6 Å². The molecule has 0 N–H and O–H groups in total. The molecule has 0 unspecified atom stereocenters. The van der Waals surface area contributed by atoms with Gasteiger partial charge in [0.1, 0.15) is 5.75 Å². The third kappa shape index (κ3) is 3.18. The zero-order chi connectivity index (χ0) is 18.2. The van der Waals surface area contributed by atoms with E-state index < -0.39 is 8.32 Å². The molecule has 0 fully saturated rings. The molecular weight excluding hydrogens is 328 g/mol. The highest BCUT2D eigenvalue weighted by atomic mass is 28.4. The van der Waals surface area contributed by atoms with Crippen LogP contribution < -0.4 is 9.16 Å². The van der Waals surface area contributed by atoms with Gasteiger partial charge in [-0.25, -0.2) is 0 Å². The normalized spacial score (nSPS) is 12.4. The molecule has 0 aliphatic rings. The summed E-state index contributed by atoms with van der Waals surface area (Å²) in [4.78, 5) is 0. The van der Waals surface area contributed by atoms with Crippen LogP contribution in [0.2, 0.25) is 18.1 Å². The van der Waals surface area contributed by atoms with Gasteiger partial charge < -0.3 is 13.6 Å². The van der Waals surface area contributed by atoms with Gasteiger partial charge in [0.15, 0.2) is 11.3 Å². The maximum atomic E-state index is 6.62.